The van der Waals surface area contributed by atoms with Crippen molar-refractivity contribution >= 4 is 34.7 Å². The third-order valence-electron chi connectivity index (χ3n) is 3.76. The Hall–Kier alpha value is -3.08. The monoisotopic (exact) mass is 399 g/mol. The summed E-state index contributed by atoms with van der Waals surface area (Å²) in [4.78, 5) is 24.6. The number of amides is 1. The number of anilines is 3. The predicted molar refractivity (Wildman–Crippen MR) is 110 cm³/mol. The van der Waals surface area contributed by atoms with Crippen LogP contribution in [0.1, 0.15) is 10.4 Å². The second kappa shape index (κ2) is 9.22. The van der Waals surface area contributed by atoms with E-state index in [4.69, 9.17) is 16.2 Å². The lowest BCUT2D eigenvalue weighted by molar-refractivity contribution is 0.100. The molecule has 0 bridgehead atoms. The molecule has 3 aromatic rings. The van der Waals surface area contributed by atoms with E-state index in [1.807, 2.05) is 29.6 Å². The van der Waals surface area contributed by atoms with E-state index in [-0.39, 0.29) is 11.6 Å². The second-order valence-corrected chi connectivity index (χ2v) is 6.85. The molecule has 0 aliphatic rings. The lowest BCUT2D eigenvalue weighted by atomic mass is 10.2. The fraction of sp³-hybridized carbons (Fsp3) is 0.222. The topological polar surface area (TPSA) is 141 Å². The third kappa shape index (κ3) is 5.00. The molecule has 1 aromatic carbocycles. The number of carbonyl (C=O) groups is 1. The number of ether oxygens (including phenoxy) is 1. The molecule has 1 atom stereocenters. The van der Waals surface area contributed by atoms with Gasteiger partial charge in [-0.1, -0.05) is 12.1 Å². The van der Waals surface area contributed by atoms with Crippen LogP contribution < -0.4 is 22.1 Å². The third-order valence-corrected chi connectivity index (χ3v) is 4.58. The fourth-order valence-corrected chi connectivity index (χ4v) is 3.11. The van der Waals surface area contributed by atoms with Gasteiger partial charge in [0.25, 0.3) is 5.91 Å². The summed E-state index contributed by atoms with van der Waals surface area (Å²) < 4.78 is 5.00. The maximum Gasteiger partial charge on any atom is 0.254 e. The molecular formula is C18H21N7O2S. The molecule has 2 heterocycles. The summed E-state index contributed by atoms with van der Waals surface area (Å²) in [6.07, 6.45) is 3.13. The van der Waals surface area contributed by atoms with Crippen LogP contribution in [0.25, 0.3) is 10.6 Å². The Morgan fingerprint density at radius 3 is 2.93 bits per heavy atom. The van der Waals surface area contributed by atoms with Crippen LogP contribution in [0.2, 0.25) is 0 Å². The Labute approximate surface area is 166 Å². The van der Waals surface area contributed by atoms with Crippen molar-refractivity contribution < 1.29 is 9.53 Å². The molecule has 28 heavy (non-hydrogen) atoms. The summed E-state index contributed by atoms with van der Waals surface area (Å²) >= 11 is 1.54. The van der Waals surface area contributed by atoms with E-state index >= 15 is 0 Å². The molecule has 0 spiro atoms. The SMILES string of the molecule is COCC(N)CNc1ncc(C(N)=O)c(Nc2cccc(-c3nccs3)c2)n1. The number of aromatic nitrogens is 3. The second-order valence-electron chi connectivity index (χ2n) is 5.96. The van der Waals surface area contributed by atoms with Crippen molar-refractivity contribution in [2.24, 2.45) is 11.5 Å². The molecule has 2 aromatic heterocycles. The Bertz CT molecular complexity index is 933. The molecule has 10 heteroatoms. The van der Waals surface area contributed by atoms with Crippen molar-refractivity contribution in [1.29, 1.82) is 0 Å². The minimum absolute atomic E-state index is 0.186. The average molecular weight is 399 g/mol. The first-order chi connectivity index (χ1) is 13.6. The van der Waals surface area contributed by atoms with Crippen LogP contribution in [0.5, 0.6) is 0 Å². The van der Waals surface area contributed by atoms with Crippen LogP contribution in [-0.2, 0) is 4.74 Å². The minimum Gasteiger partial charge on any atom is -0.383 e. The fourth-order valence-electron chi connectivity index (χ4n) is 2.47. The number of benzene rings is 1. The van der Waals surface area contributed by atoms with Crippen LogP contribution in [0.4, 0.5) is 17.5 Å². The van der Waals surface area contributed by atoms with Crippen LogP contribution in [0, 0.1) is 0 Å². The van der Waals surface area contributed by atoms with E-state index < -0.39 is 5.91 Å². The highest BCUT2D eigenvalue weighted by atomic mass is 32.1. The number of carbonyl (C=O) groups excluding carboxylic acids is 1. The molecule has 0 aliphatic heterocycles. The normalized spacial score (nSPS) is 11.8. The molecule has 0 saturated heterocycles. The van der Waals surface area contributed by atoms with E-state index in [0.717, 1.165) is 16.3 Å². The van der Waals surface area contributed by atoms with Crippen LogP contribution in [0.3, 0.4) is 0 Å². The predicted octanol–water partition coefficient (Wildman–Crippen LogP) is 1.83. The van der Waals surface area contributed by atoms with Gasteiger partial charge >= 0.3 is 0 Å². The minimum atomic E-state index is -0.624. The highest BCUT2D eigenvalue weighted by Gasteiger charge is 2.14. The molecule has 0 fully saturated rings. The van der Waals surface area contributed by atoms with Gasteiger partial charge in [0.15, 0.2) is 0 Å². The van der Waals surface area contributed by atoms with Crippen LogP contribution in [0.15, 0.2) is 42.0 Å². The lowest BCUT2D eigenvalue weighted by Gasteiger charge is -2.14. The maximum atomic E-state index is 11.8. The summed E-state index contributed by atoms with van der Waals surface area (Å²) in [5, 5.41) is 8.98. The summed E-state index contributed by atoms with van der Waals surface area (Å²) in [6, 6.07) is 7.44. The van der Waals surface area contributed by atoms with E-state index in [1.54, 1.807) is 24.6 Å². The van der Waals surface area contributed by atoms with Gasteiger partial charge < -0.3 is 26.8 Å². The summed E-state index contributed by atoms with van der Waals surface area (Å²) in [6.45, 7) is 0.823. The number of hydrogen-bond donors (Lipinski definition) is 4. The van der Waals surface area contributed by atoms with E-state index in [2.05, 4.69) is 25.6 Å². The van der Waals surface area contributed by atoms with Crippen molar-refractivity contribution in [2.45, 2.75) is 6.04 Å². The zero-order valence-electron chi connectivity index (χ0n) is 15.3. The standard InChI is InChI=1S/C18H21N7O2S/c1-27-10-12(19)8-22-18-23-9-14(15(20)26)16(25-18)24-13-4-2-3-11(7-13)17-21-5-6-28-17/h2-7,9,12H,8,10,19H2,1H3,(H2,20,26)(H2,22,23,24,25). The Morgan fingerprint density at radius 1 is 1.36 bits per heavy atom. The maximum absolute atomic E-state index is 11.8. The number of methoxy groups -OCH3 is 1. The molecule has 9 nitrogen and oxygen atoms in total. The van der Waals surface area contributed by atoms with Gasteiger partial charge in [-0.15, -0.1) is 11.3 Å². The first-order valence-corrected chi connectivity index (χ1v) is 9.37. The molecular weight excluding hydrogens is 378 g/mol. The number of nitrogens with zero attached hydrogens (tertiary/aromatic N) is 3. The van der Waals surface area contributed by atoms with Gasteiger partial charge in [-0.3, -0.25) is 4.79 Å². The van der Waals surface area contributed by atoms with E-state index in [9.17, 15) is 4.79 Å². The van der Waals surface area contributed by atoms with Crippen LogP contribution in [-0.4, -0.2) is 47.2 Å². The zero-order valence-corrected chi connectivity index (χ0v) is 16.1. The van der Waals surface area contributed by atoms with Crippen molar-refractivity contribution in [1.82, 2.24) is 15.0 Å². The van der Waals surface area contributed by atoms with E-state index in [1.165, 1.54) is 6.20 Å². The Morgan fingerprint density at radius 2 is 2.21 bits per heavy atom. The highest BCUT2D eigenvalue weighted by Crippen LogP contribution is 2.26. The van der Waals surface area contributed by atoms with Gasteiger partial charge in [-0.2, -0.15) is 4.98 Å². The summed E-state index contributed by atoms with van der Waals surface area (Å²) in [7, 11) is 1.58. The van der Waals surface area contributed by atoms with Gasteiger partial charge in [0.1, 0.15) is 16.4 Å². The molecule has 0 radical (unpaired) electrons. The zero-order chi connectivity index (χ0) is 19.9. The van der Waals surface area contributed by atoms with Gasteiger partial charge in [0.05, 0.1) is 6.61 Å². The Balaban J connectivity index is 1.82. The van der Waals surface area contributed by atoms with Crippen molar-refractivity contribution in [3.63, 3.8) is 0 Å². The van der Waals surface area contributed by atoms with E-state index in [0.29, 0.717) is 24.9 Å². The molecule has 1 unspecified atom stereocenters. The molecule has 1 amide bonds. The first-order valence-electron chi connectivity index (χ1n) is 8.49. The van der Waals surface area contributed by atoms with Gasteiger partial charge in [-0.25, -0.2) is 9.97 Å². The first kappa shape index (κ1) is 19.7. The Kier molecular flexibility index (Phi) is 6.48. The van der Waals surface area contributed by atoms with Crippen molar-refractivity contribution in [2.75, 3.05) is 30.9 Å². The molecule has 146 valence electrons. The summed E-state index contributed by atoms with van der Waals surface area (Å²) in [5.74, 6) is 0.0120. The van der Waals surface area contributed by atoms with Crippen molar-refractivity contribution in [3.8, 4) is 10.6 Å². The largest absolute Gasteiger partial charge is 0.383 e. The van der Waals surface area contributed by atoms with Crippen molar-refractivity contribution in [3.05, 3.63) is 47.6 Å². The summed E-state index contributed by atoms with van der Waals surface area (Å²) in [5.41, 5.74) is 13.2. The molecule has 3 rings (SSSR count). The smallest absolute Gasteiger partial charge is 0.254 e. The molecule has 0 saturated carbocycles. The number of rotatable bonds is 9. The molecule has 6 N–H and O–H groups in total. The average Bonchev–Trinajstić information content (AvgIpc) is 3.22. The van der Waals surface area contributed by atoms with Crippen LogP contribution >= 0.6 is 11.3 Å². The van der Waals surface area contributed by atoms with Gasteiger partial charge in [0, 0.05) is 48.7 Å². The van der Waals surface area contributed by atoms with Gasteiger partial charge in [0.2, 0.25) is 5.95 Å². The number of nitrogens with two attached hydrogens (primary N) is 2. The number of primary amides is 1. The number of thiazole rings is 1. The number of hydrogen-bond acceptors (Lipinski definition) is 9. The quantitative estimate of drug-likeness (QED) is 0.427. The lowest BCUT2D eigenvalue weighted by Crippen LogP contribution is -2.33. The highest BCUT2D eigenvalue weighted by molar-refractivity contribution is 7.13. The van der Waals surface area contributed by atoms with Gasteiger partial charge in [-0.05, 0) is 12.1 Å². The number of nitrogens with one attached hydrogen (secondary N) is 2. The molecule has 0 aliphatic carbocycles.